The number of nitrogens with one attached hydrogen (secondary N) is 1. The summed E-state index contributed by atoms with van der Waals surface area (Å²) >= 11 is 0. The SMILES string of the molecule is [C-]#[N+]Nc1cccc(Cn2cnc(Cc3ccccc3)c2CC(=C)N)c1. The molecule has 2 aromatic carbocycles. The van der Waals surface area contributed by atoms with Crippen molar-refractivity contribution in [3.8, 4) is 0 Å². The molecule has 0 aliphatic heterocycles. The van der Waals surface area contributed by atoms with Gasteiger partial charge in [-0.3, -0.25) is 0 Å². The number of benzene rings is 2. The van der Waals surface area contributed by atoms with Gasteiger partial charge in [-0.1, -0.05) is 54.5 Å². The molecule has 0 amide bonds. The minimum Gasteiger partial charge on any atom is -0.402 e. The van der Waals surface area contributed by atoms with Gasteiger partial charge in [0.1, 0.15) is 5.69 Å². The van der Waals surface area contributed by atoms with Gasteiger partial charge in [-0.15, -0.1) is 0 Å². The van der Waals surface area contributed by atoms with Crippen LogP contribution in [0.25, 0.3) is 4.95 Å². The standard InChI is InChI=1S/C21H21N5/c1-16(22)11-21-20(13-17-7-4-3-5-8-17)24-15-26(21)14-18-9-6-10-19(12-18)25-23-2/h3-10,12,15,25H,1,11,13-14,22H2. The van der Waals surface area contributed by atoms with Gasteiger partial charge in [-0.05, 0) is 23.3 Å². The lowest BCUT2D eigenvalue weighted by molar-refractivity contribution is 0.746. The summed E-state index contributed by atoms with van der Waals surface area (Å²) in [5, 5.41) is 0. The third kappa shape index (κ3) is 4.31. The van der Waals surface area contributed by atoms with E-state index in [9.17, 15) is 0 Å². The Hall–Kier alpha value is -3.52. The summed E-state index contributed by atoms with van der Waals surface area (Å²) in [6.07, 6.45) is 3.20. The van der Waals surface area contributed by atoms with Gasteiger partial charge in [0.2, 0.25) is 0 Å². The Kier molecular flexibility index (Phi) is 5.35. The van der Waals surface area contributed by atoms with Gasteiger partial charge in [0.05, 0.1) is 12.0 Å². The molecule has 1 heterocycles. The second kappa shape index (κ2) is 8.04. The Morgan fingerprint density at radius 3 is 2.65 bits per heavy atom. The van der Waals surface area contributed by atoms with E-state index in [2.05, 4.69) is 38.6 Å². The molecule has 3 N–H and O–H groups in total. The molecule has 0 fully saturated rings. The largest absolute Gasteiger partial charge is 0.402 e. The maximum atomic E-state index is 6.93. The van der Waals surface area contributed by atoms with Crippen molar-refractivity contribution in [3.63, 3.8) is 0 Å². The molecule has 0 saturated carbocycles. The number of imidazole rings is 1. The zero-order valence-corrected chi connectivity index (χ0v) is 14.5. The number of rotatable bonds is 7. The molecule has 0 aliphatic rings. The maximum absolute atomic E-state index is 6.93. The van der Waals surface area contributed by atoms with Crippen molar-refractivity contribution < 1.29 is 0 Å². The Labute approximate surface area is 153 Å². The zero-order valence-electron chi connectivity index (χ0n) is 14.5. The van der Waals surface area contributed by atoms with Gasteiger partial charge >= 0.3 is 0 Å². The highest BCUT2D eigenvalue weighted by atomic mass is 15.2. The average molecular weight is 343 g/mol. The molecule has 0 atom stereocenters. The van der Waals surface area contributed by atoms with Crippen LogP contribution in [0.3, 0.4) is 0 Å². The number of aromatic nitrogens is 2. The number of hydrogen-bond acceptors (Lipinski definition) is 3. The Morgan fingerprint density at radius 2 is 1.92 bits per heavy atom. The lowest BCUT2D eigenvalue weighted by Gasteiger charge is -2.11. The first-order valence-electron chi connectivity index (χ1n) is 8.37. The minimum atomic E-state index is 0.585. The van der Waals surface area contributed by atoms with Crippen molar-refractivity contribution in [2.24, 2.45) is 5.73 Å². The van der Waals surface area contributed by atoms with Crippen molar-refractivity contribution >= 4 is 5.69 Å². The second-order valence-corrected chi connectivity index (χ2v) is 6.19. The summed E-state index contributed by atoms with van der Waals surface area (Å²) in [7, 11) is 0. The molecule has 130 valence electrons. The van der Waals surface area contributed by atoms with Crippen LogP contribution in [0.5, 0.6) is 0 Å². The van der Waals surface area contributed by atoms with E-state index in [4.69, 9.17) is 12.3 Å². The van der Waals surface area contributed by atoms with Gasteiger partial charge in [-0.2, -0.15) is 11.5 Å². The van der Waals surface area contributed by atoms with Crippen LogP contribution in [0.4, 0.5) is 5.69 Å². The highest BCUT2D eigenvalue weighted by molar-refractivity contribution is 5.46. The van der Waals surface area contributed by atoms with Gasteiger partial charge < -0.3 is 10.3 Å². The molecule has 0 aliphatic carbocycles. The molecular weight excluding hydrogens is 322 g/mol. The number of nitrogens with two attached hydrogens (primary N) is 1. The van der Waals surface area contributed by atoms with Crippen LogP contribution < -0.4 is 11.2 Å². The molecule has 0 unspecified atom stereocenters. The zero-order chi connectivity index (χ0) is 18.4. The molecule has 0 saturated heterocycles. The lowest BCUT2D eigenvalue weighted by atomic mass is 10.1. The minimum absolute atomic E-state index is 0.585. The van der Waals surface area contributed by atoms with Crippen molar-refractivity contribution in [1.82, 2.24) is 9.55 Å². The molecule has 5 nitrogen and oxygen atoms in total. The van der Waals surface area contributed by atoms with Gasteiger partial charge in [0.25, 0.3) is 0 Å². The number of allylic oxidation sites excluding steroid dienone is 1. The smallest absolute Gasteiger partial charge is 0.110 e. The highest BCUT2D eigenvalue weighted by Crippen LogP contribution is 2.18. The van der Waals surface area contributed by atoms with Crippen LogP contribution in [0, 0.1) is 6.57 Å². The van der Waals surface area contributed by atoms with Crippen LogP contribution in [0.1, 0.15) is 22.5 Å². The predicted octanol–water partition coefficient (Wildman–Crippen LogP) is 3.78. The van der Waals surface area contributed by atoms with Gasteiger partial charge in [0.15, 0.2) is 0 Å². The molecule has 0 spiro atoms. The summed E-state index contributed by atoms with van der Waals surface area (Å²) in [4.78, 5) is 7.84. The van der Waals surface area contributed by atoms with E-state index >= 15 is 0 Å². The van der Waals surface area contributed by atoms with E-state index in [1.807, 2.05) is 48.8 Å². The fourth-order valence-corrected chi connectivity index (χ4v) is 2.94. The van der Waals surface area contributed by atoms with Crippen LogP contribution in [-0.2, 0) is 19.4 Å². The summed E-state index contributed by atoms with van der Waals surface area (Å²) in [5.41, 5.74) is 14.3. The molecule has 26 heavy (non-hydrogen) atoms. The first-order chi connectivity index (χ1) is 12.7. The first-order valence-corrected chi connectivity index (χ1v) is 8.37. The van der Waals surface area contributed by atoms with Crippen LogP contribution in [0.2, 0.25) is 0 Å². The number of hydrogen-bond donors (Lipinski definition) is 2. The van der Waals surface area contributed by atoms with E-state index < -0.39 is 0 Å². The molecule has 3 aromatic rings. The van der Waals surface area contributed by atoms with Crippen LogP contribution >= 0.6 is 0 Å². The third-order valence-corrected chi connectivity index (χ3v) is 4.11. The van der Waals surface area contributed by atoms with Crippen molar-refractivity contribution in [1.29, 1.82) is 0 Å². The maximum Gasteiger partial charge on any atom is 0.110 e. The molecule has 5 heteroatoms. The van der Waals surface area contributed by atoms with E-state index in [0.29, 0.717) is 18.7 Å². The molecule has 3 rings (SSSR count). The van der Waals surface area contributed by atoms with Crippen molar-refractivity contribution in [2.75, 3.05) is 5.43 Å². The summed E-state index contributed by atoms with van der Waals surface area (Å²) in [5.74, 6) is 0. The fraction of sp³-hybridized carbons (Fsp3) is 0.143. The fourth-order valence-electron chi connectivity index (χ4n) is 2.94. The quantitative estimate of drug-likeness (QED) is 0.507. The lowest BCUT2D eigenvalue weighted by Crippen LogP contribution is -2.10. The predicted molar refractivity (Wildman–Crippen MR) is 104 cm³/mol. The molecule has 0 bridgehead atoms. The average Bonchev–Trinajstić information content (AvgIpc) is 2.97. The van der Waals surface area contributed by atoms with E-state index in [1.54, 1.807) is 0 Å². The van der Waals surface area contributed by atoms with Crippen LogP contribution in [-0.4, -0.2) is 9.55 Å². The third-order valence-electron chi connectivity index (χ3n) is 4.11. The Bertz CT molecular complexity index is 935. The molecular formula is C21H21N5. The first kappa shape index (κ1) is 17.3. The Balaban J connectivity index is 1.88. The van der Waals surface area contributed by atoms with E-state index in [1.165, 1.54) is 5.56 Å². The number of nitrogens with zero attached hydrogens (tertiary/aromatic N) is 3. The van der Waals surface area contributed by atoms with Gasteiger partial charge in [0, 0.05) is 30.8 Å². The molecule has 1 aromatic heterocycles. The highest BCUT2D eigenvalue weighted by Gasteiger charge is 2.13. The number of anilines is 1. The summed E-state index contributed by atoms with van der Waals surface area (Å²) in [6, 6.07) is 18.1. The van der Waals surface area contributed by atoms with Crippen molar-refractivity contribution in [3.05, 3.63) is 107 Å². The summed E-state index contributed by atoms with van der Waals surface area (Å²) < 4.78 is 2.10. The second-order valence-electron chi connectivity index (χ2n) is 6.19. The van der Waals surface area contributed by atoms with Gasteiger partial charge in [-0.25, -0.2) is 4.98 Å². The van der Waals surface area contributed by atoms with E-state index in [-0.39, 0.29) is 0 Å². The molecule has 0 radical (unpaired) electrons. The monoisotopic (exact) mass is 343 g/mol. The normalized spacial score (nSPS) is 10.3. The van der Waals surface area contributed by atoms with Crippen LogP contribution in [0.15, 0.2) is 73.2 Å². The van der Waals surface area contributed by atoms with E-state index in [0.717, 1.165) is 29.1 Å². The topological polar surface area (TPSA) is 60.2 Å². The summed E-state index contributed by atoms with van der Waals surface area (Å²) in [6.45, 7) is 11.5. The van der Waals surface area contributed by atoms with Crippen molar-refractivity contribution in [2.45, 2.75) is 19.4 Å². The Morgan fingerprint density at radius 1 is 1.15 bits per heavy atom.